The lowest BCUT2D eigenvalue weighted by atomic mass is 10.3. The highest BCUT2D eigenvalue weighted by atomic mass is 79.9. The molecule has 0 saturated carbocycles. The van der Waals surface area contributed by atoms with Gasteiger partial charge in [0.2, 0.25) is 0 Å². The van der Waals surface area contributed by atoms with Crippen LogP contribution in [0.3, 0.4) is 0 Å². The van der Waals surface area contributed by atoms with Crippen LogP contribution in [-0.4, -0.2) is 18.1 Å². The van der Waals surface area contributed by atoms with Crippen molar-refractivity contribution in [2.45, 2.75) is 0 Å². The topological polar surface area (TPSA) is 48.7 Å². The van der Waals surface area contributed by atoms with Crippen LogP contribution in [-0.2, 0) is 0 Å². The quantitative estimate of drug-likeness (QED) is 0.933. The van der Waals surface area contributed by atoms with E-state index in [9.17, 15) is 0 Å². The van der Waals surface area contributed by atoms with Crippen LogP contribution in [0.5, 0.6) is 0 Å². The second-order valence-electron chi connectivity index (χ2n) is 2.81. The molecule has 0 amide bonds. The second-order valence-corrected chi connectivity index (χ2v) is 4.75. The first-order valence-corrected chi connectivity index (χ1v) is 5.85. The molecule has 0 fully saturated rings. The molecule has 0 bridgehead atoms. The van der Waals surface area contributed by atoms with Crippen LogP contribution < -0.4 is 11.1 Å². The van der Waals surface area contributed by atoms with E-state index in [1.54, 1.807) is 11.3 Å². The molecule has 0 unspecified atom stereocenters. The molecular formula is C9H9BrN3S. The van der Waals surface area contributed by atoms with E-state index in [1.807, 2.05) is 12.1 Å². The second kappa shape index (κ2) is 4.25. The fraction of sp³-hybridized carbons (Fsp3) is 0.222. The number of benzene rings is 1. The Morgan fingerprint density at radius 3 is 3.14 bits per heavy atom. The van der Waals surface area contributed by atoms with Gasteiger partial charge in [0.15, 0.2) is 5.13 Å². The SMILES string of the molecule is [NH]CCNc1nc2ccc(Br)cc2s1. The molecule has 14 heavy (non-hydrogen) atoms. The Morgan fingerprint density at radius 1 is 1.50 bits per heavy atom. The molecule has 0 aliphatic rings. The minimum atomic E-state index is 0.375. The molecule has 0 atom stereocenters. The van der Waals surface area contributed by atoms with E-state index in [4.69, 9.17) is 5.73 Å². The van der Waals surface area contributed by atoms with Gasteiger partial charge in [-0.1, -0.05) is 27.3 Å². The van der Waals surface area contributed by atoms with Crippen molar-refractivity contribution in [1.29, 1.82) is 0 Å². The van der Waals surface area contributed by atoms with E-state index in [2.05, 4.69) is 32.3 Å². The first kappa shape index (κ1) is 9.89. The lowest BCUT2D eigenvalue weighted by molar-refractivity contribution is 0.991. The minimum Gasteiger partial charge on any atom is -0.360 e. The average molecular weight is 271 g/mol. The summed E-state index contributed by atoms with van der Waals surface area (Å²) in [6.07, 6.45) is 0. The molecule has 0 saturated heterocycles. The Hall–Kier alpha value is -0.650. The van der Waals surface area contributed by atoms with E-state index in [0.717, 1.165) is 19.8 Å². The van der Waals surface area contributed by atoms with Gasteiger partial charge in [0.25, 0.3) is 0 Å². The monoisotopic (exact) mass is 270 g/mol. The summed E-state index contributed by atoms with van der Waals surface area (Å²) in [6.45, 7) is 1.03. The number of hydrogen-bond acceptors (Lipinski definition) is 3. The minimum absolute atomic E-state index is 0.375. The lowest BCUT2D eigenvalue weighted by Crippen LogP contribution is -2.05. The molecule has 3 nitrogen and oxygen atoms in total. The van der Waals surface area contributed by atoms with Gasteiger partial charge in [-0.15, -0.1) is 0 Å². The van der Waals surface area contributed by atoms with Gasteiger partial charge in [0.1, 0.15) is 0 Å². The summed E-state index contributed by atoms with van der Waals surface area (Å²) in [5, 5.41) is 4.00. The molecule has 2 N–H and O–H groups in total. The molecule has 73 valence electrons. The Balaban J connectivity index is 2.32. The molecule has 0 aliphatic carbocycles. The Labute approximate surface area is 94.5 Å². The smallest absolute Gasteiger partial charge is 0.183 e. The van der Waals surface area contributed by atoms with Crippen molar-refractivity contribution in [2.24, 2.45) is 0 Å². The van der Waals surface area contributed by atoms with Crippen molar-refractivity contribution >= 4 is 42.6 Å². The summed E-state index contributed by atoms with van der Waals surface area (Å²) in [5.74, 6) is 0. The Morgan fingerprint density at radius 2 is 2.36 bits per heavy atom. The maximum absolute atomic E-state index is 7.03. The third-order valence-electron chi connectivity index (χ3n) is 1.75. The van der Waals surface area contributed by atoms with Gasteiger partial charge in [-0.05, 0) is 18.2 Å². The lowest BCUT2D eigenvalue weighted by Gasteiger charge is -1.95. The molecule has 2 aromatic rings. The molecule has 5 heteroatoms. The normalized spacial score (nSPS) is 10.7. The van der Waals surface area contributed by atoms with Gasteiger partial charge in [-0.2, -0.15) is 0 Å². The van der Waals surface area contributed by atoms with Crippen molar-refractivity contribution < 1.29 is 0 Å². The number of rotatable bonds is 3. The van der Waals surface area contributed by atoms with Gasteiger partial charge in [0.05, 0.1) is 10.2 Å². The van der Waals surface area contributed by atoms with Crippen LogP contribution in [0.2, 0.25) is 0 Å². The zero-order valence-electron chi connectivity index (χ0n) is 7.38. The van der Waals surface area contributed by atoms with Crippen molar-refractivity contribution in [1.82, 2.24) is 10.7 Å². The molecule has 1 heterocycles. The first-order valence-electron chi connectivity index (χ1n) is 4.24. The number of halogens is 1. The van der Waals surface area contributed by atoms with E-state index < -0.39 is 0 Å². The fourth-order valence-corrected chi connectivity index (χ4v) is 2.59. The van der Waals surface area contributed by atoms with Gasteiger partial charge in [0, 0.05) is 17.6 Å². The summed E-state index contributed by atoms with van der Waals surface area (Å²) in [5.41, 5.74) is 8.03. The van der Waals surface area contributed by atoms with Gasteiger partial charge in [-0.3, -0.25) is 5.73 Å². The summed E-state index contributed by atoms with van der Waals surface area (Å²) < 4.78 is 2.23. The maximum atomic E-state index is 7.03. The Bertz CT molecular complexity index is 441. The predicted molar refractivity (Wildman–Crippen MR) is 63.8 cm³/mol. The number of nitrogens with one attached hydrogen (secondary N) is 2. The average Bonchev–Trinajstić information content (AvgIpc) is 2.56. The van der Waals surface area contributed by atoms with E-state index in [1.165, 1.54) is 0 Å². The number of hydrogen-bond donors (Lipinski definition) is 1. The maximum Gasteiger partial charge on any atom is 0.183 e. The molecule has 0 spiro atoms. The van der Waals surface area contributed by atoms with Crippen LogP contribution in [0, 0.1) is 0 Å². The van der Waals surface area contributed by atoms with Crippen molar-refractivity contribution in [3.63, 3.8) is 0 Å². The highest BCUT2D eigenvalue weighted by Gasteiger charge is 2.02. The number of thiazole rings is 1. The van der Waals surface area contributed by atoms with Crippen LogP contribution in [0.25, 0.3) is 10.2 Å². The number of anilines is 1. The fourth-order valence-electron chi connectivity index (χ4n) is 1.14. The van der Waals surface area contributed by atoms with E-state index in [-0.39, 0.29) is 0 Å². The van der Waals surface area contributed by atoms with Crippen molar-refractivity contribution in [3.05, 3.63) is 22.7 Å². The van der Waals surface area contributed by atoms with Crippen LogP contribution in [0.1, 0.15) is 0 Å². The Kier molecular flexibility index (Phi) is 3.00. The molecule has 0 aliphatic heterocycles. The van der Waals surface area contributed by atoms with E-state index in [0.29, 0.717) is 13.1 Å². The summed E-state index contributed by atoms with van der Waals surface area (Å²) in [7, 11) is 0. The molecule has 1 radical (unpaired) electrons. The third kappa shape index (κ3) is 2.05. The summed E-state index contributed by atoms with van der Waals surface area (Å²) >= 11 is 5.04. The molecule has 1 aromatic heterocycles. The number of aromatic nitrogens is 1. The predicted octanol–water partition coefficient (Wildman–Crippen LogP) is 2.75. The van der Waals surface area contributed by atoms with Crippen molar-refractivity contribution in [3.8, 4) is 0 Å². The summed E-state index contributed by atoms with van der Waals surface area (Å²) in [6, 6.07) is 6.02. The number of fused-ring (bicyclic) bond motifs is 1. The van der Waals surface area contributed by atoms with Crippen LogP contribution in [0.4, 0.5) is 5.13 Å². The summed E-state index contributed by atoms with van der Waals surface area (Å²) in [4.78, 5) is 4.39. The van der Waals surface area contributed by atoms with Crippen LogP contribution >= 0.6 is 27.3 Å². The largest absolute Gasteiger partial charge is 0.360 e. The molecule has 1 aromatic carbocycles. The number of nitrogens with zero attached hydrogens (tertiary/aromatic N) is 1. The van der Waals surface area contributed by atoms with Crippen molar-refractivity contribution in [2.75, 3.05) is 18.4 Å². The highest BCUT2D eigenvalue weighted by Crippen LogP contribution is 2.28. The van der Waals surface area contributed by atoms with E-state index >= 15 is 0 Å². The van der Waals surface area contributed by atoms with Gasteiger partial charge >= 0.3 is 0 Å². The first-order chi connectivity index (χ1) is 6.79. The highest BCUT2D eigenvalue weighted by molar-refractivity contribution is 9.10. The standard InChI is InChI=1S/C9H9BrN3S/c10-6-1-2-7-8(5-6)14-9(13-7)12-4-3-11/h1-2,5,11H,3-4H2,(H,12,13). The van der Waals surface area contributed by atoms with Gasteiger partial charge < -0.3 is 5.32 Å². The zero-order chi connectivity index (χ0) is 9.97. The molecule has 2 rings (SSSR count). The molecular weight excluding hydrogens is 262 g/mol. The van der Waals surface area contributed by atoms with Gasteiger partial charge in [-0.25, -0.2) is 4.98 Å². The third-order valence-corrected chi connectivity index (χ3v) is 3.22. The zero-order valence-corrected chi connectivity index (χ0v) is 9.78. The van der Waals surface area contributed by atoms with Crippen LogP contribution in [0.15, 0.2) is 22.7 Å².